The minimum atomic E-state index is -0.0255. The van der Waals surface area contributed by atoms with Crippen LogP contribution in [0.1, 0.15) is 24.0 Å². The Morgan fingerprint density at radius 2 is 2.05 bits per heavy atom. The predicted molar refractivity (Wildman–Crippen MR) is 81.6 cm³/mol. The number of aliphatic hydroxyl groups is 1. The highest BCUT2D eigenvalue weighted by Crippen LogP contribution is 2.19. The second-order valence-corrected chi connectivity index (χ2v) is 4.91. The van der Waals surface area contributed by atoms with Crippen LogP contribution in [0.5, 0.6) is 5.75 Å². The number of amides is 1. The van der Waals surface area contributed by atoms with Crippen LogP contribution in [0.25, 0.3) is 0 Å². The van der Waals surface area contributed by atoms with Gasteiger partial charge in [-0.3, -0.25) is 4.79 Å². The van der Waals surface area contributed by atoms with Gasteiger partial charge < -0.3 is 19.9 Å². The van der Waals surface area contributed by atoms with E-state index in [9.17, 15) is 4.79 Å². The average molecular weight is 295 g/mol. The zero-order valence-electron chi connectivity index (χ0n) is 12.9. The van der Waals surface area contributed by atoms with Crippen LogP contribution in [0.15, 0.2) is 18.2 Å². The Labute approximate surface area is 126 Å². The fourth-order valence-corrected chi connectivity index (χ4v) is 1.77. The Kier molecular flexibility index (Phi) is 8.47. The molecule has 0 aliphatic rings. The summed E-state index contributed by atoms with van der Waals surface area (Å²) in [4.78, 5) is 11.6. The van der Waals surface area contributed by atoms with Gasteiger partial charge >= 0.3 is 0 Å². The minimum absolute atomic E-state index is 0.0255. The van der Waals surface area contributed by atoms with E-state index in [4.69, 9.17) is 14.6 Å². The number of aliphatic hydroxyl groups excluding tert-OH is 1. The maximum atomic E-state index is 11.6. The van der Waals surface area contributed by atoms with Gasteiger partial charge in [0.2, 0.25) is 5.91 Å². The molecule has 2 N–H and O–H groups in total. The number of aryl methyl sites for hydroxylation is 2. The van der Waals surface area contributed by atoms with Crippen molar-refractivity contribution in [1.82, 2.24) is 5.32 Å². The highest BCUT2D eigenvalue weighted by molar-refractivity contribution is 5.75. The van der Waals surface area contributed by atoms with Crippen LogP contribution in [0.2, 0.25) is 0 Å². The maximum Gasteiger partial charge on any atom is 0.223 e. The monoisotopic (exact) mass is 295 g/mol. The first-order chi connectivity index (χ1) is 10.1. The smallest absolute Gasteiger partial charge is 0.223 e. The van der Waals surface area contributed by atoms with Crippen LogP contribution >= 0.6 is 0 Å². The number of carbonyl (C=O) groups excluding carboxylic acids is 1. The van der Waals surface area contributed by atoms with Crippen LogP contribution in [-0.4, -0.2) is 44.0 Å². The third-order valence-electron chi connectivity index (χ3n) is 2.95. The first-order valence-electron chi connectivity index (χ1n) is 7.29. The van der Waals surface area contributed by atoms with E-state index in [1.54, 1.807) is 0 Å². The Morgan fingerprint density at radius 3 is 2.81 bits per heavy atom. The predicted octanol–water partition coefficient (Wildman–Crippen LogP) is 1.59. The molecule has 118 valence electrons. The third-order valence-corrected chi connectivity index (χ3v) is 2.95. The fraction of sp³-hybridized carbons (Fsp3) is 0.562. The van der Waals surface area contributed by atoms with Crippen molar-refractivity contribution >= 4 is 5.91 Å². The van der Waals surface area contributed by atoms with Gasteiger partial charge in [0.05, 0.1) is 26.2 Å². The van der Waals surface area contributed by atoms with E-state index in [2.05, 4.69) is 5.32 Å². The lowest BCUT2D eigenvalue weighted by Gasteiger charge is -2.10. The molecule has 0 aliphatic carbocycles. The summed E-state index contributed by atoms with van der Waals surface area (Å²) in [6, 6.07) is 6.02. The summed E-state index contributed by atoms with van der Waals surface area (Å²) >= 11 is 0. The summed E-state index contributed by atoms with van der Waals surface area (Å²) in [5.74, 6) is 0.808. The topological polar surface area (TPSA) is 67.8 Å². The summed E-state index contributed by atoms with van der Waals surface area (Å²) in [6.07, 6.45) is 1.08. The quantitative estimate of drug-likeness (QED) is 0.643. The molecule has 0 fully saturated rings. The molecule has 1 amide bonds. The Hall–Kier alpha value is -1.59. The van der Waals surface area contributed by atoms with E-state index in [0.29, 0.717) is 32.8 Å². The van der Waals surface area contributed by atoms with Gasteiger partial charge in [-0.05, 0) is 37.5 Å². The van der Waals surface area contributed by atoms with Gasteiger partial charge in [-0.2, -0.15) is 0 Å². The van der Waals surface area contributed by atoms with Crippen LogP contribution in [-0.2, 0) is 9.53 Å². The SMILES string of the molecule is Cc1ccc(C)c(OCCC(=O)NCCCOCCO)c1. The molecule has 0 atom stereocenters. The van der Waals surface area contributed by atoms with Crippen molar-refractivity contribution in [2.24, 2.45) is 0 Å². The van der Waals surface area contributed by atoms with Gasteiger partial charge in [0.15, 0.2) is 0 Å². The number of hydrogen-bond donors (Lipinski definition) is 2. The number of nitrogens with one attached hydrogen (secondary N) is 1. The molecule has 0 saturated heterocycles. The normalized spacial score (nSPS) is 10.4. The van der Waals surface area contributed by atoms with Crippen molar-refractivity contribution in [3.05, 3.63) is 29.3 Å². The molecule has 0 aliphatic heterocycles. The lowest BCUT2D eigenvalue weighted by molar-refractivity contribution is -0.121. The Morgan fingerprint density at radius 1 is 1.24 bits per heavy atom. The fourth-order valence-electron chi connectivity index (χ4n) is 1.77. The largest absolute Gasteiger partial charge is 0.493 e. The number of benzene rings is 1. The van der Waals surface area contributed by atoms with Crippen LogP contribution in [0.3, 0.4) is 0 Å². The van der Waals surface area contributed by atoms with Gasteiger partial charge in [-0.15, -0.1) is 0 Å². The third kappa shape index (κ3) is 7.68. The summed E-state index contributed by atoms with van der Waals surface area (Å²) in [7, 11) is 0. The summed E-state index contributed by atoms with van der Waals surface area (Å²) in [6.45, 7) is 5.86. The minimum Gasteiger partial charge on any atom is -0.493 e. The van der Waals surface area contributed by atoms with Crippen molar-refractivity contribution in [3.63, 3.8) is 0 Å². The molecular weight excluding hydrogens is 270 g/mol. The van der Waals surface area contributed by atoms with E-state index >= 15 is 0 Å². The lowest BCUT2D eigenvalue weighted by Crippen LogP contribution is -2.26. The second-order valence-electron chi connectivity index (χ2n) is 4.91. The summed E-state index contributed by atoms with van der Waals surface area (Å²) in [5, 5.41) is 11.3. The Bertz CT molecular complexity index is 434. The highest BCUT2D eigenvalue weighted by atomic mass is 16.5. The van der Waals surface area contributed by atoms with Gasteiger partial charge in [0.1, 0.15) is 5.75 Å². The second kappa shape index (κ2) is 10.2. The Balaban J connectivity index is 2.12. The van der Waals surface area contributed by atoms with Crippen molar-refractivity contribution < 1.29 is 19.4 Å². The van der Waals surface area contributed by atoms with Gasteiger partial charge in [-0.25, -0.2) is 0 Å². The van der Waals surface area contributed by atoms with E-state index in [-0.39, 0.29) is 12.5 Å². The molecule has 5 nitrogen and oxygen atoms in total. The number of ether oxygens (including phenoxy) is 2. The van der Waals surface area contributed by atoms with Crippen LogP contribution in [0, 0.1) is 13.8 Å². The lowest BCUT2D eigenvalue weighted by atomic mass is 10.1. The summed E-state index contributed by atoms with van der Waals surface area (Å²) in [5.41, 5.74) is 2.21. The maximum absolute atomic E-state index is 11.6. The highest BCUT2D eigenvalue weighted by Gasteiger charge is 2.03. The van der Waals surface area contributed by atoms with Crippen molar-refractivity contribution in [3.8, 4) is 5.75 Å². The molecule has 5 heteroatoms. The molecule has 21 heavy (non-hydrogen) atoms. The number of carbonyl (C=O) groups is 1. The van der Waals surface area contributed by atoms with Crippen molar-refractivity contribution in [1.29, 1.82) is 0 Å². The van der Waals surface area contributed by atoms with Gasteiger partial charge in [0.25, 0.3) is 0 Å². The molecule has 0 saturated carbocycles. The molecule has 0 bridgehead atoms. The molecule has 1 rings (SSSR count). The average Bonchev–Trinajstić information content (AvgIpc) is 2.46. The molecule has 1 aromatic carbocycles. The van der Waals surface area contributed by atoms with E-state index < -0.39 is 0 Å². The van der Waals surface area contributed by atoms with Crippen LogP contribution in [0.4, 0.5) is 0 Å². The molecule has 0 unspecified atom stereocenters. The van der Waals surface area contributed by atoms with E-state index in [0.717, 1.165) is 23.3 Å². The van der Waals surface area contributed by atoms with Gasteiger partial charge in [-0.1, -0.05) is 12.1 Å². The molecule has 0 aromatic heterocycles. The molecule has 0 radical (unpaired) electrons. The van der Waals surface area contributed by atoms with Crippen molar-refractivity contribution in [2.45, 2.75) is 26.7 Å². The van der Waals surface area contributed by atoms with E-state index in [1.807, 2.05) is 32.0 Å². The number of hydrogen-bond acceptors (Lipinski definition) is 4. The van der Waals surface area contributed by atoms with Crippen LogP contribution < -0.4 is 10.1 Å². The van der Waals surface area contributed by atoms with Crippen molar-refractivity contribution in [2.75, 3.05) is 33.0 Å². The number of rotatable bonds is 10. The zero-order valence-corrected chi connectivity index (χ0v) is 12.9. The molecule has 0 spiro atoms. The molecular formula is C16H25NO4. The van der Waals surface area contributed by atoms with Gasteiger partial charge in [0, 0.05) is 13.2 Å². The summed E-state index contributed by atoms with van der Waals surface area (Å²) < 4.78 is 10.7. The zero-order chi connectivity index (χ0) is 15.5. The first kappa shape index (κ1) is 17.5. The first-order valence-corrected chi connectivity index (χ1v) is 7.29. The molecule has 1 aromatic rings. The standard InChI is InChI=1S/C16H25NO4/c1-13-4-5-14(2)15(12-13)21-10-6-16(19)17-7-3-9-20-11-8-18/h4-5,12,18H,3,6-11H2,1-2H3,(H,17,19). The molecule has 0 heterocycles. The van der Waals surface area contributed by atoms with E-state index in [1.165, 1.54) is 0 Å².